The van der Waals surface area contributed by atoms with Gasteiger partial charge >= 0.3 is 0 Å². The number of nitrogens with one attached hydrogen (secondary N) is 1. The highest BCUT2D eigenvalue weighted by Gasteiger charge is 2.30. The Bertz CT molecular complexity index is 428. The van der Waals surface area contributed by atoms with Crippen LogP contribution in [0.15, 0.2) is 22.7 Å². The molecule has 0 saturated carbocycles. The van der Waals surface area contributed by atoms with Crippen molar-refractivity contribution in [1.82, 2.24) is 5.32 Å². The highest BCUT2D eigenvalue weighted by Crippen LogP contribution is 2.39. The maximum Gasteiger partial charge on any atom is 0.119 e. The number of hydrogen-bond donors (Lipinski definition) is 1. The minimum absolute atomic E-state index is 0.120. The van der Waals surface area contributed by atoms with Crippen molar-refractivity contribution in [2.75, 3.05) is 40.5 Å². The topological polar surface area (TPSA) is 39.7 Å². The predicted octanol–water partition coefficient (Wildman–Crippen LogP) is 2.77. The summed E-state index contributed by atoms with van der Waals surface area (Å²) in [5.74, 6) is 1.35. The first-order chi connectivity index (χ1) is 9.76. The van der Waals surface area contributed by atoms with Gasteiger partial charge in [0.2, 0.25) is 0 Å². The van der Waals surface area contributed by atoms with Gasteiger partial charge in [-0.2, -0.15) is 0 Å². The first kappa shape index (κ1) is 15.8. The minimum Gasteiger partial charge on any atom is -0.497 e. The minimum atomic E-state index is 0.120. The summed E-state index contributed by atoms with van der Waals surface area (Å²) in [4.78, 5) is 0. The molecule has 2 rings (SSSR count). The first-order valence-corrected chi connectivity index (χ1v) is 7.70. The molecule has 1 N–H and O–H groups in total. The van der Waals surface area contributed by atoms with Crippen LogP contribution in [0.5, 0.6) is 5.75 Å². The van der Waals surface area contributed by atoms with Gasteiger partial charge in [0.25, 0.3) is 0 Å². The van der Waals surface area contributed by atoms with Crippen LogP contribution in [0.1, 0.15) is 18.1 Å². The number of benzene rings is 1. The molecule has 1 aliphatic rings. The molecule has 1 fully saturated rings. The quantitative estimate of drug-likeness (QED) is 0.772. The monoisotopic (exact) mass is 343 g/mol. The second-order valence-electron chi connectivity index (χ2n) is 4.92. The summed E-state index contributed by atoms with van der Waals surface area (Å²) < 4.78 is 17.4. The fourth-order valence-electron chi connectivity index (χ4n) is 2.52. The fourth-order valence-corrected chi connectivity index (χ4v) is 2.99. The molecule has 112 valence electrons. The highest BCUT2D eigenvalue weighted by molar-refractivity contribution is 9.10. The molecule has 0 aliphatic carbocycles. The van der Waals surface area contributed by atoms with E-state index < -0.39 is 0 Å². The first-order valence-electron chi connectivity index (χ1n) is 6.91. The largest absolute Gasteiger partial charge is 0.497 e. The molecule has 2 atom stereocenters. The average molecular weight is 344 g/mol. The summed E-state index contributed by atoms with van der Waals surface area (Å²) in [7, 11) is 3.41. The fraction of sp³-hybridized carbons (Fsp3) is 0.600. The van der Waals surface area contributed by atoms with Crippen molar-refractivity contribution in [2.45, 2.75) is 12.5 Å². The van der Waals surface area contributed by atoms with Gasteiger partial charge in [0.05, 0.1) is 19.8 Å². The van der Waals surface area contributed by atoms with Gasteiger partial charge in [0, 0.05) is 37.2 Å². The summed E-state index contributed by atoms with van der Waals surface area (Å²) in [5, 5.41) is 3.42. The lowest BCUT2D eigenvalue weighted by atomic mass is 9.95. The molecule has 4 nitrogen and oxygen atoms in total. The Balaban J connectivity index is 2.02. The Labute approximate surface area is 128 Å². The molecule has 0 amide bonds. The van der Waals surface area contributed by atoms with Crippen LogP contribution in [0.2, 0.25) is 0 Å². The van der Waals surface area contributed by atoms with Gasteiger partial charge in [0.15, 0.2) is 0 Å². The van der Waals surface area contributed by atoms with Crippen molar-refractivity contribution in [3.63, 3.8) is 0 Å². The number of rotatable bonds is 7. The Hall–Kier alpha value is -0.620. The molecule has 1 aromatic carbocycles. The normalized spacial score (nSPS) is 22.1. The van der Waals surface area contributed by atoms with Crippen molar-refractivity contribution < 1.29 is 14.2 Å². The van der Waals surface area contributed by atoms with E-state index in [-0.39, 0.29) is 6.10 Å². The molecule has 0 aromatic heterocycles. The van der Waals surface area contributed by atoms with Crippen LogP contribution in [-0.2, 0) is 9.47 Å². The molecule has 1 saturated heterocycles. The molecule has 1 heterocycles. The van der Waals surface area contributed by atoms with E-state index in [9.17, 15) is 0 Å². The van der Waals surface area contributed by atoms with E-state index in [4.69, 9.17) is 14.2 Å². The molecule has 1 aliphatic heterocycles. The summed E-state index contributed by atoms with van der Waals surface area (Å²) >= 11 is 3.61. The molecular weight excluding hydrogens is 322 g/mol. The van der Waals surface area contributed by atoms with Crippen LogP contribution in [0.4, 0.5) is 0 Å². The van der Waals surface area contributed by atoms with Crippen LogP contribution < -0.4 is 10.1 Å². The number of ether oxygens (including phenoxy) is 3. The van der Waals surface area contributed by atoms with Gasteiger partial charge in [0.1, 0.15) is 5.75 Å². The lowest BCUT2D eigenvalue weighted by molar-refractivity contribution is 0.0891. The lowest BCUT2D eigenvalue weighted by Crippen LogP contribution is -2.27. The standard InChI is InChI=1S/C15H22BrNO3/c1-18-8-6-17-10-11-5-7-20-15(11)13-9-12(19-2)3-4-14(13)16/h3-4,9,11,15,17H,5-8,10H2,1-2H3. The van der Waals surface area contributed by atoms with E-state index in [0.29, 0.717) is 5.92 Å². The zero-order valence-corrected chi connectivity index (χ0v) is 13.6. The van der Waals surface area contributed by atoms with E-state index in [1.165, 1.54) is 5.56 Å². The third-order valence-electron chi connectivity index (χ3n) is 3.61. The summed E-state index contributed by atoms with van der Waals surface area (Å²) in [5.41, 5.74) is 1.17. The molecule has 5 heteroatoms. The smallest absolute Gasteiger partial charge is 0.119 e. The number of methoxy groups -OCH3 is 2. The molecule has 0 bridgehead atoms. The van der Waals surface area contributed by atoms with Gasteiger partial charge in [-0.1, -0.05) is 15.9 Å². The maximum absolute atomic E-state index is 5.93. The summed E-state index contributed by atoms with van der Waals surface area (Å²) in [6.07, 6.45) is 1.20. The third kappa shape index (κ3) is 3.95. The van der Waals surface area contributed by atoms with Crippen LogP contribution >= 0.6 is 15.9 Å². The van der Waals surface area contributed by atoms with Crippen LogP contribution in [-0.4, -0.2) is 40.5 Å². The van der Waals surface area contributed by atoms with E-state index in [2.05, 4.69) is 27.3 Å². The Morgan fingerprint density at radius 3 is 3.00 bits per heavy atom. The lowest BCUT2D eigenvalue weighted by Gasteiger charge is -2.21. The molecular formula is C15H22BrNO3. The molecule has 0 radical (unpaired) electrons. The van der Waals surface area contributed by atoms with E-state index in [1.807, 2.05) is 12.1 Å². The zero-order valence-electron chi connectivity index (χ0n) is 12.0. The van der Waals surface area contributed by atoms with Crippen LogP contribution in [0.25, 0.3) is 0 Å². The van der Waals surface area contributed by atoms with E-state index in [0.717, 1.165) is 42.9 Å². The Kier molecular flexibility index (Phi) is 6.29. The van der Waals surface area contributed by atoms with Gasteiger partial charge in [-0.05, 0) is 30.2 Å². The third-order valence-corrected chi connectivity index (χ3v) is 4.34. The molecule has 1 aromatic rings. The molecule has 0 spiro atoms. The van der Waals surface area contributed by atoms with E-state index in [1.54, 1.807) is 14.2 Å². The average Bonchev–Trinajstić information content (AvgIpc) is 2.92. The molecule has 20 heavy (non-hydrogen) atoms. The number of hydrogen-bond acceptors (Lipinski definition) is 4. The second-order valence-corrected chi connectivity index (χ2v) is 5.78. The van der Waals surface area contributed by atoms with Crippen molar-refractivity contribution >= 4 is 15.9 Å². The van der Waals surface area contributed by atoms with Crippen molar-refractivity contribution in [2.24, 2.45) is 5.92 Å². The number of halogens is 1. The predicted molar refractivity (Wildman–Crippen MR) is 82.2 cm³/mol. The SMILES string of the molecule is COCCNCC1CCOC1c1cc(OC)ccc1Br. The Morgan fingerprint density at radius 2 is 2.25 bits per heavy atom. The second kappa shape index (κ2) is 7.98. The van der Waals surface area contributed by atoms with Crippen LogP contribution in [0, 0.1) is 5.92 Å². The zero-order chi connectivity index (χ0) is 14.4. The Morgan fingerprint density at radius 1 is 1.40 bits per heavy atom. The highest BCUT2D eigenvalue weighted by atomic mass is 79.9. The summed E-state index contributed by atoms with van der Waals surface area (Å²) in [6.45, 7) is 3.36. The van der Waals surface area contributed by atoms with Crippen molar-refractivity contribution in [1.29, 1.82) is 0 Å². The molecule has 2 unspecified atom stereocenters. The van der Waals surface area contributed by atoms with Crippen molar-refractivity contribution in [3.8, 4) is 5.75 Å². The summed E-state index contributed by atoms with van der Waals surface area (Å²) in [6, 6.07) is 6.03. The van der Waals surface area contributed by atoms with Crippen LogP contribution in [0.3, 0.4) is 0 Å². The van der Waals surface area contributed by atoms with Gasteiger partial charge in [-0.3, -0.25) is 0 Å². The van der Waals surface area contributed by atoms with Crippen molar-refractivity contribution in [3.05, 3.63) is 28.2 Å². The van der Waals surface area contributed by atoms with Gasteiger partial charge in [-0.25, -0.2) is 0 Å². The van der Waals surface area contributed by atoms with Gasteiger partial charge in [-0.15, -0.1) is 0 Å². The maximum atomic E-state index is 5.93. The van der Waals surface area contributed by atoms with Gasteiger partial charge < -0.3 is 19.5 Å². The van der Waals surface area contributed by atoms with E-state index >= 15 is 0 Å².